The number of nitro groups is 2. The summed E-state index contributed by atoms with van der Waals surface area (Å²) in [4.78, 5) is 21.1. The molecule has 0 amide bonds. The first-order valence-corrected chi connectivity index (χ1v) is 6.80. The number of nitrogens with zero attached hydrogens (tertiary/aromatic N) is 2. The molecule has 2 aromatic carbocycles. The lowest BCUT2D eigenvalue weighted by Gasteiger charge is -2.14. The number of nitro benzene ring substituents is 2. The predicted molar refractivity (Wildman–Crippen MR) is 83.2 cm³/mol. The van der Waals surface area contributed by atoms with Gasteiger partial charge < -0.3 is 0 Å². The summed E-state index contributed by atoms with van der Waals surface area (Å²) in [5.41, 5.74) is 3.18. The van der Waals surface area contributed by atoms with Gasteiger partial charge in [0.25, 0.3) is 11.4 Å². The zero-order valence-corrected chi connectivity index (χ0v) is 12.6. The molecule has 0 heterocycles. The molecule has 114 valence electrons. The summed E-state index contributed by atoms with van der Waals surface area (Å²) in [6.45, 7) is 5.47. The van der Waals surface area contributed by atoms with Crippen LogP contribution < -0.4 is 0 Å². The molecule has 6 nitrogen and oxygen atoms in total. The maximum Gasteiger partial charge on any atom is 0.269 e. The van der Waals surface area contributed by atoms with Gasteiger partial charge >= 0.3 is 0 Å². The second-order valence-corrected chi connectivity index (χ2v) is 5.44. The second-order valence-electron chi connectivity index (χ2n) is 5.44. The Labute approximate surface area is 127 Å². The Morgan fingerprint density at radius 1 is 0.773 bits per heavy atom. The van der Waals surface area contributed by atoms with E-state index in [9.17, 15) is 20.2 Å². The fourth-order valence-corrected chi connectivity index (χ4v) is 2.49. The molecular formula is C16H16N2O4. The van der Waals surface area contributed by atoms with Crippen LogP contribution in [0.15, 0.2) is 36.4 Å². The van der Waals surface area contributed by atoms with Crippen LogP contribution in [0.4, 0.5) is 11.4 Å². The van der Waals surface area contributed by atoms with Gasteiger partial charge in [0, 0.05) is 30.2 Å². The predicted octanol–water partition coefficient (Wildman–Crippen LogP) is 4.27. The molecule has 0 unspecified atom stereocenters. The van der Waals surface area contributed by atoms with Gasteiger partial charge in [-0.3, -0.25) is 20.2 Å². The van der Waals surface area contributed by atoms with Gasteiger partial charge in [0.2, 0.25) is 0 Å². The van der Waals surface area contributed by atoms with Gasteiger partial charge in [0.1, 0.15) is 0 Å². The van der Waals surface area contributed by atoms with E-state index in [1.807, 2.05) is 19.1 Å². The monoisotopic (exact) mass is 300 g/mol. The Morgan fingerprint density at radius 2 is 1.14 bits per heavy atom. The summed E-state index contributed by atoms with van der Waals surface area (Å²) < 4.78 is 0. The molecule has 0 atom stereocenters. The standard InChI is InChI=1S/C16H16N2O4/c1-10-4-13(8-15(6-10)17(19)20)12(3)14-5-11(2)7-16(9-14)18(21)22/h4-9,12H,1-3H3. The van der Waals surface area contributed by atoms with Crippen LogP contribution in [0.3, 0.4) is 0 Å². The van der Waals surface area contributed by atoms with Crippen molar-refractivity contribution in [2.75, 3.05) is 0 Å². The topological polar surface area (TPSA) is 86.3 Å². The number of rotatable bonds is 4. The van der Waals surface area contributed by atoms with Crippen molar-refractivity contribution in [2.24, 2.45) is 0 Å². The molecule has 0 spiro atoms. The average molecular weight is 300 g/mol. The first-order chi connectivity index (χ1) is 10.3. The van der Waals surface area contributed by atoms with E-state index >= 15 is 0 Å². The molecule has 6 heteroatoms. The zero-order chi connectivity index (χ0) is 16.4. The molecule has 0 radical (unpaired) electrons. The molecule has 0 N–H and O–H groups in total. The van der Waals surface area contributed by atoms with Crippen molar-refractivity contribution in [1.82, 2.24) is 0 Å². The Balaban J connectivity index is 2.50. The number of hydrogen-bond donors (Lipinski definition) is 0. The zero-order valence-electron chi connectivity index (χ0n) is 12.6. The van der Waals surface area contributed by atoms with Gasteiger partial charge in [0.15, 0.2) is 0 Å². The highest BCUT2D eigenvalue weighted by atomic mass is 16.6. The summed E-state index contributed by atoms with van der Waals surface area (Å²) in [5, 5.41) is 22.0. The van der Waals surface area contributed by atoms with Crippen LogP contribution >= 0.6 is 0 Å². The number of benzene rings is 2. The van der Waals surface area contributed by atoms with Crippen LogP contribution in [0.2, 0.25) is 0 Å². The molecule has 0 aliphatic rings. The molecule has 0 saturated heterocycles. The highest BCUT2D eigenvalue weighted by Gasteiger charge is 2.17. The summed E-state index contributed by atoms with van der Waals surface area (Å²) >= 11 is 0. The maximum absolute atomic E-state index is 11.0. The lowest BCUT2D eigenvalue weighted by Crippen LogP contribution is -2.00. The Bertz CT molecular complexity index is 692. The van der Waals surface area contributed by atoms with E-state index < -0.39 is 9.85 Å². The van der Waals surface area contributed by atoms with Gasteiger partial charge in [-0.05, 0) is 36.1 Å². The van der Waals surface area contributed by atoms with Crippen molar-refractivity contribution in [3.8, 4) is 0 Å². The number of hydrogen-bond acceptors (Lipinski definition) is 4. The largest absolute Gasteiger partial charge is 0.269 e. The second kappa shape index (κ2) is 5.93. The molecule has 0 fully saturated rings. The van der Waals surface area contributed by atoms with E-state index in [4.69, 9.17) is 0 Å². The van der Waals surface area contributed by atoms with Gasteiger partial charge in [-0.15, -0.1) is 0 Å². The Morgan fingerprint density at radius 3 is 1.45 bits per heavy atom. The maximum atomic E-state index is 11.0. The summed E-state index contributed by atoms with van der Waals surface area (Å²) in [5.74, 6) is -0.169. The third-order valence-electron chi connectivity index (χ3n) is 3.59. The molecule has 0 saturated carbocycles. The minimum atomic E-state index is -0.429. The first-order valence-electron chi connectivity index (χ1n) is 6.80. The Kier molecular flexibility index (Phi) is 4.21. The minimum absolute atomic E-state index is 0.0315. The lowest BCUT2D eigenvalue weighted by atomic mass is 9.90. The van der Waals surface area contributed by atoms with Gasteiger partial charge in [0.05, 0.1) is 9.85 Å². The van der Waals surface area contributed by atoms with Crippen molar-refractivity contribution in [3.63, 3.8) is 0 Å². The van der Waals surface area contributed by atoms with E-state index in [1.54, 1.807) is 13.8 Å². The van der Waals surface area contributed by atoms with Crippen LogP contribution in [0.25, 0.3) is 0 Å². The van der Waals surface area contributed by atoms with Gasteiger partial charge in [-0.1, -0.05) is 19.1 Å². The van der Waals surface area contributed by atoms with Crippen molar-refractivity contribution in [1.29, 1.82) is 0 Å². The van der Waals surface area contributed by atoms with Crippen LogP contribution in [0.1, 0.15) is 35.1 Å². The highest BCUT2D eigenvalue weighted by Crippen LogP contribution is 2.30. The smallest absolute Gasteiger partial charge is 0.258 e. The fourth-order valence-electron chi connectivity index (χ4n) is 2.49. The third kappa shape index (κ3) is 3.28. The molecular weight excluding hydrogens is 284 g/mol. The van der Waals surface area contributed by atoms with Crippen LogP contribution in [-0.4, -0.2) is 9.85 Å². The van der Waals surface area contributed by atoms with Crippen LogP contribution in [-0.2, 0) is 0 Å². The van der Waals surface area contributed by atoms with Crippen molar-refractivity contribution < 1.29 is 9.85 Å². The summed E-state index contributed by atoms with van der Waals surface area (Å²) in [6.07, 6.45) is 0. The van der Waals surface area contributed by atoms with Crippen molar-refractivity contribution in [3.05, 3.63) is 78.9 Å². The summed E-state index contributed by atoms with van der Waals surface area (Å²) in [6, 6.07) is 9.79. The minimum Gasteiger partial charge on any atom is -0.258 e. The molecule has 22 heavy (non-hydrogen) atoms. The van der Waals surface area contributed by atoms with Crippen molar-refractivity contribution >= 4 is 11.4 Å². The van der Waals surface area contributed by atoms with Gasteiger partial charge in [-0.2, -0.15) is 0 Å². The molecule has 0 aliphatic carbocycles. The van der Waals surface area contributed by atoms with E-state index in [1.165, 1.54) is 24.3 Å². The summed E-state index contributed by atoms with van der Waals surface area (Å²) in [7, 11) is 0. The first kappa shape index (κ1) is 15.6. The van der Waals surface area contributed by atoms with Crippen LogP contribution in [0.5, 0.6) is 0 Å². The number of aryl methyl sites for hydroxylation is 2. The molecule has 0 aliphatic heterocycles. The lowest BCUT2D eigenvalue weighted by molar-refractivity contribution is -0.385. The molecule has 0 bridgehead atoms. The highest BCUT2D eigenvalue weighted by molar-refractivity contribution is 5.47. The van der Waals surface area contributed by atoms with E-state index in [-0.39, 0.29) is 17.3 Å². The molecule has 0 aromatic heterocycles. The van der Waals surface area contributed by atoms with E-state index in [0.29, 0.717) is 0 Å². The normalized spacial score (nSPS) is 10.7. The Hall–Kier alpha value is -2.76. The van der Waals surface area contributed by atoms with E-state index in [2.05, 4.69) is 0 Å². The third-order valence-corrected chi connectivity index (χ3v) is 3.59. The average Bonchev–Trinajstić information content (AvgIpc) is 2.45. The molecule has 2 aromatic rings. The number of non-ortho nitro benzene ring substituents is 2. The fraction of sp³-hybridized carbons (Fsp3) is 0.250. The molecule has 2 rings (SSSR count). The van der Waals surface area contributed by atoms with Crippen molar-refractivity contribution in [2.45, 2.75) is 26.7 Å². The van der Waals surface area contributed by atoms with E-state index in [0.717, 1.165) is 22.3 Å². The quantitative estimate of drug-likeness (QED) is 0.623. The van der Waals surface area contributed by atoms with Gasteiger partial charge in [-0.25, -0.2) is 0 Å². The SMILES string of the molecule is Cc1cc(C(C)c2cc(C)cc([N+](=O)[O-])c2)cc([N+](=O)[O-])c1. The van der Waals surface area contributed by atoms with Crippen LogP contribution in [0, 0.1) is 34.1 Å².